The van der Waals surface area contributed by atoms with Crippen molar-refractivity contribution >= 4 is 120 Å². The molecule has 0 aliphatic carbocycles. The standard InChI is InChI=1S/C38H16O6/c39-24-12-23-30-25(40)11-20-18(37(41)42)5-4-15-6-16-7-17-10-21(38(43)44)19-8-13-2-1-3-14-9-22(24)32-33(23)36(29(16)35(30)27(15)20)28(17)31(19)34(32)26(13)14/h1-12,39-40H,(H,41,42)(H,43,44). The Morgan fingerprint density at radius 2 is 0.932 bits per heavy atom. The second-order valence-electron chi connectivity index (χ2n) is 12.1. The van der Waals surface area contributed by atoms with Gasteiger partial charge in [-0.15, -0.1) is 0 Å². The van der Waals surface area contributed by atoms with Crippen molar-refractivity contribution in [3.63, 3.8) is 0 Å². The molecule has 44 heavy (non-hydrogen) atoms. The van der Waals surface area contributed by atoms with Crippen LogP contribution in [-0.4, -0.2) is 32.4 Å². The van der Waals surface area contributed by atoms with Crippen LogP contribution in [0.2, 0.25) is 0 Å². The average Bonchev–Trinajstić information content (AvgIpc) is 3.00. The van der Waals surface area contributed by atoms with Crippen molar-refractivity contribution in [3.05, 3.63) is 83.9 Å². The van der Waals surface area contributed by atoms with E-state index in [0.29, 0.717) is 26.9 Å². The largest absolute Gasteiger partial charge is 0.507 e. The van der Waals surface area contributed by atoms with E-state index >= 15 is 0 Å². The van der Waals surface area contributed by atoms with Gasteiger partial charge in [-0.1, -0.05) is 24.3 Å². The Bertz CT molecular complexity index is 3120. The van der Waals surface area contributed by atoms with Crippen molar-refractivity contribution in [1.29, 1.82) is 0 Å². The van der Waals surface area contributed by atoms with Crippen molar-refractivity contribution in [3.8, 4) is 11.5 Å². The molecule has 0 aliphatic rings. The predicted molar refractivity (Wildman–Crippen MR) is 175 cm³/mol. The maximum atomic E-state index is 12.8. The van der Waals surface area contributed by atoms with E-state index in [1.165, 1.54) is 6.07 Å². The maximum Gasteiger partial charge on any atom is 0.336 e. The maximum absolute atomic E-state index is 12.8. The van der Waals surface area contributed by atoms with Gasteiger partial charge in [-0.25, -0.2) is 9.59 Å². The van der Waals surface area contributed by atoms with Crippen LogP contribution in [0, 0.1) is 0 Å². The Balaban J connectivity index is 1.61. The van der Waals surface area contributed by atoms with Crippen LogP contribution in [-0.2, 0) is 0 Å². The number of carbonyl (C=O) groups is 2. The number of hydrogen-bond acceptors (Lipinski definition) is 4. The molecule has 6 nitrogen and oxygen atoms in total. The van der Waals surface area contributed by atoms with Crippen molar-refractivity contribution in [2.45, 2.75) is 0 Å². The van der Waals surface area contributed by atoms with E-state index in [1.807, 2.05) is 42.5 Å². The minimum absolute atomic E-state index is 0.0562. The predicted octanol–water partition coefficient (Wildman–Crippen LogP) is 9.22. The molecule has 11 aromatic rings. The molecule has 6 heteroatoms. The van der Waals surface area contributed by atoms with Crippen LogP contribution in [0.25, 0.3) is 108 Å². The van der Waals surface area contributed by atoms with Crippen LogP contribution in [0.1, 0.15) is 20.7 Å². The molecule has 0 unspecified atom stereocenters. The first kappa shape index (κ1) is 22.5. The lowest BCUT2D eigenvalue weighted by Gasteiger charge is -2.26. The van der Waals surface area contributed by atoms with Gasteiger partial charge in [0.15, 0.2) is 0 Å². The fourth-order valence-corrected chi connectivity index (χ4v) is 8.71. The Morgan fingerprint density at radius 1 is 0.386 bits per heavy atom. The van der Waals surface area contributed by atoms with E-state index < -0.39 is 11.9 Å². The topological polar surface area (TPSA) is 115 Å². The highest BCUT2D eigenvalue weighted by Crippen LogP contribution is 2.57. The molecule has 0 radical (unpaired) electrons. The van der Waals surface area contributed by atoms with Gasteiger partial charge >= 0.3 is 11.9 Å². The summed E-state index contributed by atoms with van der Waals surface area (Å²) in [5.74, 6) is -2.10. The van der Waals surface area contributed by atoms with E-state index in [0.717, 1.165) is 80.8 Å². The van der Waals surface area contributed by atoms with Gasteiger partial charge in [0.2, 0.25) is 0 Å². The van der Waals surface area contributed by atoms with Gasteiger partial charge in [-0.3, -0.25) is 0 Å². The molecule has 0 fully saturated rings. The Hall–Kier alpha value is -6.14. The molecule has 0 heterocycles. The molecular weight excluding hydrogens is 552 g/mol. The van der Waals surface area contributed by atoms with E-state index in [2.05, 4.69) is 0 Å². The number of aromatic hydroxyl groups is 2. The monoisotopic (exact) mass is 568 g/mol. The fraction of sp³-hybridized carbons (Fsp3) is 0. The SMILES string of the molecule is O=C(O)c1ccc2cc3cc4cc(C(=O)O)c5cc6cccc7cc8c(O)cc9c%10c(O)cc1c2c%10c3c1c4c5c(c67)c8c91. The third kappa shape index (κ3) is 2.20. The van der Waals surface area contributed by atoms with Gasteiger partial charge in [0.1, 0.15) is 11.5 Å². The quantitative estimate of drug-likeness (QED) is 0.122. The first-order valence-electron chi connectivity index (χ1n) is 14.2. The molecule has 11 aromatic carbocycles. The summed E-state index contributed by atoms with van der Waals surface area (Å²) in [6.07, 6.45) is 0. The third-order valence-corrected chi connectivity index (χ3v) is 10.2. The highest BCUT2D eigenvalue weighted by molar-refractivity contribution is 6.54. The van der Waals surface area contributed by atoms with Gasteiger partial charge < -0.3 is 20.4 Å². The summed E-state index contributed by atoms with van der Waals surface area (Å²) in [6, 6.07) is 22.3. The van der Waals surface area contributed by atoms with E-state index in [4.69, 9.17) is 0 Å². The van der Waals surface area contributed by atoms with Gasteiger partial charge in [0.25, 0.3) is 0 Å². The Labute approximate surface area is 244 Å². The van der Waals surface area contributed by atoms with Crippen LogP contribution in [0.5, 0.6) is 11.5 Å². The van der Waals surface area contributed by atoms with Crippen molar-refractivity contribution in [2.24, 2.45) is 0 Å². The lowest BCUT2D eigenvalue weighted by molar-refractivity contribution is 0.0688. The first-order chi connectivity index (χ1) is 21.3. The fourth-order valence-electron chi connectivity index (χ4n) is 8.71. The molecule has 0 aromatic heterocycles. The normalized spacial score (nSPS) is 13.1. The molecule has 11 rings (SSSR count). The average molecular weight is 569 g/mol. The number of benzene rings is 11. The zero-order chi connectivity index (χ0) is 29.5. The molecule has 4 N–H and O–H groups in total. The second kappa shape index (κ2) is 6.74. The minimum atomic E-state index is -1.08. The first-order valence-corrected chi connectivity index (χ1v) is 14.2. The molecular formula is C38H16O6. The smallest absolute Gasteiger partial charge is 0.336 e. The summed E-state index contributed by atoms with van der Waals surface area (Å²) in [6.45, 7) is 0. The number of hydrogen-bond donors (Lipinski definition) is 4. The number of carboxylic acids is 2. The lowest BCUT2D eigenvalue weighted by atomic mass is 9.76. The summed E-state index contributed by atoms with van der Waals surface area (Å²) < 4.78 is 0. The number of aromatic carboxylic acids is 2. The van der Waals surface area contributed by atoms with Crippen LogP contribution < -0.4 is 0 Å². The van der Waals surface area contributed by atoms with E-state index in [-0.39, 0.29) is 22.6 Å². The van der Waals surface area contributed by atoms with Crippen LogP contribution >= 0.6 is 0 Å². The van der Waals surface area contributed by atoms with Crippen LogP contribution in [0.4, 0.5) is 0 Å². The summed E-state index contributed by atoms with van der Waals surface area (Å²) in [7, 11) is 0. The summed E-state index contributed by atoms with van der Waals surface area (Å²) in [5.41, 5.74) is 0.307. The highest BCUT2D eigenvalue weighted by atomic mass is 16.4. The zero-order valence-corrected chi connectivity index (χ0v) is 22.5. The van der Waals surface area contributed by atoms with E-state index in [1.54, 1.807) is 24.3 Å². The lowest BCUT2D eigenvalue weighted by Crippen LogP contribution is -2.03. The van der Waals surface area contributed by atoms with Crippen molar-refractivity contribution in [2.75, 3.05) is 0 Å². The molecule has 204 valence electrons. The third-order valence-electron chi connectivity index (χ3n) is 10.2. The van der Waals surface area contributed by atoms with Crippen molar-refractivity contribution < 1.29 is 30.0 Å². The molecule has 0 saturated carbocycles. The zero-order valence-electron chi connectivity index (χ0n) is 22.5. The van der Waals surface area contributed by atoms with Crippen LogP contribution in [0.15, 0.2) is 72.8 Å². The summed E-state index contributed by atoms with van der Waals surface area (Å²) >= 11 is 0. The summed E-state index contributed by atoms with van der Waals surface area (Å²) in [4.78, 5) is 25.1. The number of carboxylic acid groups (broad SMARTS) is 2. The van der Waals surface area contributed by atoms with Crippen molar-refractivity contribution in [1.82, 2.24) is 0 Å². The summed E-state index contributed by atoms with van der Waals surface area (Å²) in [5, 5.41) is 59.8. The van der Waals surface area contributed by atoms with E-state index in [9.17, 15) is 30.0 Å². The van der Waals surface area contributed by atoms with Gasteiger partial charge in [-0.05, 0) is 129 Å². The molecule has 0 aliphatic heterocycles. The van der Waals surface area contributed by atoms with Gasteiger partial charge in [0, 0.05) is 26.9 Å². The number of phenols is 2. The molecule has 0 atom stereocenters. The van der Waals surface area contributed by atoms with Gasteiger partial charge in [-0.2, -0.15) is 0 Å². The molecule has 0 bridgehead atoms. The van der Waals surface area contributed by atoms with Gasteiger partial charge in [0.05, 0.1) is 11.1 Å². The highest BCUT2D eigenvalue weighted by Gasteiger charge is 2.30. The molecule has 0 spiro atoms. The second-order valence-corrected chi connectivity index (χ2v) is 12.1. The number of fused-ring (bicyclic) bond motifs is 1. The molecule has 0 amide bonds. The molecule has 0 saturated heterocycles. The van der Waals surface area contributed by atoms with Crippen LogP contribution in [0.3, 0.4) is 0 Å². The Morgan fingerprint density at radius 3 is 1.70 bits per heavy atom. The Kier molecular flexibility index (Phi) is 3.44. The minimum Gasteiger partial charge on any atom is -0.507 e. The number of phenolic OH excluding ortho intramolecular Hbond substituents is 2. The number of rotatable bonds is 2.